The number of halogens is 2. The van der Waals surface area contributed by atoms with Crippen LogP contribution in [0.1, 0.15) is 22.3 Å². The summed E-state index contributed by atoms with van der Waals surface area (Å²) in [4.78, 5) is 26.5. The van der Waals surface area contributed by atoms with Crippen LogP contribution in [-0.4, -0.2) is 28.6 Å². The molecule has 4 rings (SSSR count). The first-order valence-electron chi connectivity index (χ1n) is 9.79. The molecule has 9 heteroatoms. The second-order valence-electron chi connectivity index (χ2n) is 7.04. The highest BCUT2D eigenvalue weighted by molar-refractivity contribution is 6.32. The van der Waals surface area contributed by atoms with Crippen LogP contribution in [0.25, 0.3) is 0 Å². The van der Waals surface area contributed by atoms with Gasteiger partial charge in [0, 0.05) is 29.5 Å². The van der Waals surface area contributed by atoms with E-state index in [9.17, 15) is 9.59 Å². The summed E-state index contributed by atoms with van der Waals surface area (Å²) in [6, 6.07) is 13.3. The Hall–Kier alpha value is -3.42. The van der Waals surface area contributed by atoms with Crippen molar-refractivity contribution in [2.75, 3.05) is 16.8 Å². The number of amides is 2. The molecule has 0 saturated heterocycles. The minimum atomic E-state index is -0.284. The third-order valence-electron chi connectivity index (χ3n) is 4.91. The molecule has 0 fully saturated rings. The second kappa shape index (κ2) is 9.38. The summed E-state index contributed by atoms with van der Waals surface area (Å²) in [6.45, 7) is 4.19. The maximum atomic E-state index is 12.8. The van der Waals surface area contributed by atoms with Crippen LogP contribution in [-0.2, 0) is 11.2 Å². The summed E-state index contributed by atoms with van der Waals surface area (Å²) < 4.78 is 5.59. The van der Waals surface area contributed by atoms with E-state index in [2.05, 4.69) is 22.1 Å². The molecule has 32 heavy (non-hydrogen) atoms. The van der Waals surface area contributed by atoms with Gasteiger partial charge in [0.2, 0.25) is 11.8 Å². The molecule has 1 aliphatic heterocycles. The van der Waals surface area contributed by atoms with Gasteiger partial charge in [0.15, 0.2) is 5.15 Å². The highest BCUT2D eigenvalue weighted by atomic mass is 35.5. The Kier molecular flexibility index (Phi) is 6.39. The third-order valence-corrected chi connectivity index (χ3v) is 5.41. The number of hydrogen-bond acceptors (Lipinski definition) is 5. The Morgan fingerprint density at radius 2 is 1.94 bits per heavy atom. The normalized spacial score (nSPS) is 12.6. The summed E-state index contributed by atoms with van der Waals surface area (Å²) >= 11 is 12.0. The fraction of sp³-hybridized carbons (Fsp3) is 0.130. The van der Waals surface area contributed by atoms with Crippen LogP contribution in [0.3, 0.4) is 0 Å². The zero-order chi connectivity index (χ0) is 22.7. The minimum Gasteiger partial charge on any atom is -0.436 e. The van der Waals surface area contributed by atoms with E-state index in [0.717, 1.165) is 24.1 Å². The van der Waals surface area contributed by atoms with E-state index in [1.807, 2.05) is 6.07 Å². The van der Waals surface area contributed by atoms with Crippen molar-refractivity contribution in [2.24, 2.45) is 0 Å². The molecule has 0 aliphatic carbocycles. The van der Waals surface area contributed by atoms with E-state index in [4.69, 9.17) is 27.9 Å². The number of anilines is 2. The molecule has 1 N–H and O–H groups in total. The molecule has 0 saturated carbocycles. The van der Waals surface area contributed by atoms with Crippen molar-refractivity contribution in [1.82, 2.24) is 10.2 Å². The molecular weight excluding hydrogens is 451 g/mol. The molecule has 0 spiro atoms. The molecule has 2 heterocycles. The third kappa shape index (κ3) is 4.74. The Labute approximate surface area is 194 Å². The molecule has 0 unspecified atom stereocenters. The van der Waals surface area contributed by atoms with E-state index in [-0.39, 0.29) is 22.8 Å². The van der Waals surface area contributed by atoms with E-state index >= 15 is 0 Å². The van der Waals surface area contributed by atoms with Crippen molar-refractivity contribution in [3.05, 3.63) is 82.5 Å². The van der Waals surface area contributed by atoms with Gasteiger partial charge in [-0.2, -0.15) is 0 Å². The maximum absolute atomic E-state index is 12.8. The number of fused-ring (bicyclic) bond motifs is 1. The van der Waals surface area contributed by atoms with Crippen LogP contribution in [0.15, 0.2) is 61.2 Å². The molecule has 1 aliphatic rings. The van der Waals surface area contributed by atoms with Gasteiger partial charge in [-0.25, -0.2) is 0 Å². The molecule has 162 valence electrons. The summed E-state index contributed by atoms with van der Waals surface area (Å²) in [5.74, 6) is 0.172. The van der Waals surface area contributed by atoms with E-state index < -0.39 is 0 Å². The van der Waals surface area contributed by atoms with Crippen molar-refractivity contribution in [3.63, 3.8) is 0 Å². The van der Waals surface area contributed by atoms with Crippen LogP contribution in [0, 0.1) is 0 Å². The van der Waals surface area contributed by atoms with Gasteiger partial charge >= 0.3 is 0 Å². The standard InChI is InChI=1S/C23H18Cl2N4O3/c1-2-22(30)29-11-3-4-14-12-15(5-7-18(14)29)23(31)26-16-6-8-19(17(24)13-16)32-21-10-9-20(25)27-28-21/h2,5-10,12-13H,1,3-4,11H2,(H,26,31). The highest BCUT2D eigenvalue weighted by Crippen LogP contribution is 2.32. The lowest BCUT2D eigenvalue weighted by atomic mass is 9.98. The first-order valence-corrected chi connectivity index (χ1v) is 10.5. The molecule has 1 aromatic heterocycles. The molecule has 0 radical (unpaired) electrons. The topological polar surface area (TPSA) is 84.4 Å². The smallest absolute Gasteiger partial charge is 0.255 e. The van der Waals surface area contributed by atoms with Gasteiger partial charge in [0.1, 0.15) is 5.75 Å². The van der Waals surface area contributed by atoms with Crippen LogP contribution < -0.4 is 15.0 Å². The van der Waals surface area contributed by atoms with Crippen molar-refractivity contribution < 1.29 is 14.3 Å². The summed E-state index contributed by atoms with van der Waals surface area (Å²) in [6.07, 6.45) is 2.92. The number of nitrogens with one attached hydrogen (secondary N) is 1. The zero-order valence-corrected chi connectivity index (χ0v) is 18.4. The largest absolute Gasteiger partial charge is 0.436 e. The predicted octanol–water partition coefficient (Wildman–Crippen LogP) is 5.29. The van der Waals surface area contributed by atoms with Gasteiger partial charge in [0.05, 0.1) is 5.02 Å². The quantitative estimate of drug-likeness (QED) is 0.513. The molecular formula is C23H18Cl2N4O3. The maximum Gasteiger partial charge on any atom is 0.255 e. The Morgan fingerprint density at radius 1 is 1.09 bits per heavy atom. The first-order chi connectivity index (χ1) is 15.4. The predicted molar refractivity (Wildman–Crippen MR) is 124 cm³/mol. The van der Waals surface area contributed by atoms with Gasteiger partial charge in [-0.1, -0.05) is 29.8 Å². The number of rotatable bonds is 5. The van der Waals surface area contributed by atoms with E-state index in [1.165, 1.54) is 6.08 Å². The first kappa shape index (κ1) is 21.8. The number of hydrogen-bond donors (Lipinski definition) is 1. The number of nitrogens with zero attached hydrogens (tertiary/aromatic N) is 3. The SMILES string of the molecule is C=CC(=O)N1CCCc2cc(C(=O)Nc3ccc(Oc4ccc(Cl)nn4)c(Cl)c3)ccc21. The Morgan fingerprint density at radius 3 is 2.66 bits per heavy atom. The average molecular weight is 469 g/mol. The molecule has 3 aromatic rings. The summed E-state index contributed by atoms with van der Waals surface area (Å²) in [5.41, 5.74) is 2.76. The number of aromatic nitrogens is 2. The van der Waals surface area contributed by atoms with Gasteiger partial charge in [-0.05, 0) is 66.9 Å². The number of ether oxygens (including phenoxy) is 1. The van der Waals surface area contributed by atoms with Gasteiger partial charge in [-0.15, -0.1) is 10.2 Å². The minimum absolute atomic E-state index is 0.148. The number of aryl methyl sites for hydroxylation is 1. The molecule has 7 nitrogen and oxygen atoms in total. The number of carbonyl (C=O) groups excluding carboxylic acids is 2. The summed E-state index contributed by atoms with van der Waals surface area (Å²) in [7, 11) is 0. The van der Waals surface area contributed by atoms with Crippen LogP contribution in [0.5, 0.6) is 11.6 Å². The van der Waals surface area contributed by atoms with Gasteiger partial charge in [-0.3, -0.25) is 9.59 Å². The number of benzene rings is 2. The van der Waals surface area contributed by atoms with Crippen molar-refractivity contribution in [1.29, 1.82) is 0 Å². The van der Waals surface area contributed by atoms with Crippen LogP contribution in [0.4, 0.5) is 11.4 Å². The van der Waals surface area contributed by atoms with Crippen molar-refractivity contribution in [2.45, 2.75) is 12.8 Å². The second-order valence-corrected chi connectivity index (χ2v) is 7.83. The highest BCUT2D eigenvalue weighted by Gasteiger charge is 2.22. The fourth-order valence-electron chi connectivity index (χ4n) is 3.41. The van der Waals surface area contributed by atoms with Crippen molar-refractivity contribution in [3.8, 4) is 11.6 Å². The zero-order valence-electron chi connectivity index (χ0n) is 16.8. The van der Waals surface area contributed by atoms with Crippen LogP contribution in [0.2, 0.25) is 10.2 Å². The summed E-state index contributed by atoms with van der Waals surface area (Å²) in [5, 5.41) is 10.9. The molecule has 0 bridgehead atoms. The van der Waals surface area contributed by atoms with Crippen LogP contribution >= 0.6 is 23.2 Å². The molecule has 2 amide bonds. The Balaban J connectivity index is 1.48. The molecule has 0 atom stereocenters. The lowest BCUT2D eigenvalue weighted by Gasteiger charge is -2.28. The molecule has 2 aromatic carbocycles. The van der Waals surface area contributed by atoms with Crippen molar-refractivity contribution >= 4 is 46.4 Å². The van der Waals surface area contributed by atoms with Gasteiger partial charge < -0.3 is 15.0 Å². The monoisotopic (exact) mass is 468 g/mol. The van der Waals surface area contributed by atoms with Gasteiger partial charge in [0.25, 0.3) is 5.91 Å². The van der Waals surface area contributed by atoms with E-state index in [1.54, 1.807) is 47.4 Å². The lowest BCUT2D eigenvalue weighted by molar-refractivity contribution is -0.114. The fourth-order valence-corrected chi connectivity index (χ4v) is 3.73. The average Bonchev–Trinajstić information content (AvgIpc) is 2.81. The lowest BCUT2D eigenvalue weighted by Crippen LogP contribution is -2.34. The Bertz CT molecular complexity index is 1200. The van der Waals surface area contributed by atoms with E-state index in [0.29, 0.717) is 28.6 Å². The number of carbonyl (C=O) groups is 2.